The molecule has 0 bridgehead atoms. The van der Waals surface area contributed by atoms with Gasteiger partial charge in [0.1, 0.15) is 0 Å². The number of benzene rings is 2. The highest BCUT2D eigenvalue weighted by Crippen LogP contribution is 2.27. The van der Waals surface area contributed by atoms with Crippen LogP contribution in [0.4, 0.5) is 0 Å². The molecule has 0 saturated heterocycles. The third-order valence-corrected chi connectivity index (χ3v) is 5.20. The molecule has 0 aliphatic rings. The molecule has 0 aliphatic heterocycles. The number of nitrogens with zero attached hydrogens (tertiary/aromatic N) is 1. The summed E-state index contributed by atoms with van der Waals surface area (Å²) in [4.78, 5) is 4.21. The van der Waals surface area contributed by atoms with Gasteiger partial charge in [0.25, 0.3) is 0 Å². The van der Waals surface area contributed by atoms with Gasteiger partial charge in [0.2, 0.25) is 0 Å². The zero-order chi connectivity index (χ0) is 19.4. The van der Waals surface area contributed by atoms with Crippen LogP contribution >= 0.6 is 0 Å². The maximum atomic E-state index is 6.59. The molecule has 140 valence electrons. The molecule has 0 atom stereocenters. The van der Waals surface area contributed by atoms with E-state index < -0.39 is 0 Å². The van der Waals surface area contributed by atoms with E-state index in [1.54, 1.807) is 6.20 Å². The topological polar surface area (TPSA) is 77.0 Å². The summed E-state index contributed by atoms with van der Waals surface area (Å²) in [7, 11) is 0. The molecule has 0 amide bonds. The van der Waals surface area contributed by atoms with Crippen LogP contribution in [0.1, 0.15) is 48.6 Å². The Morgan fingerprint density at radius 2 is 1.59 bits per heavy atom. The highest BCUT2D eigenvalue weighted by Gasteiger charge is 2.13. The fourth-order valence-electron chi connectivity index (χ4n) is 3.74. The lowest BCUT2D eigenvalue weighted by molar-refractivity contribution is 0.974. The highest BCUT2D eigenvalue weighted by atomic mass is 15.2. The van der Waals surface area contributed by atoms with Gasteiger partial charge in [0, 0.05) is 28.9 Å². The molecule has 0 fully saturated rings. The number of hydrazine groups is 1. The second kappa shape index (κ2) is 8.23. The molecule has 3 aromatic rings. The van der Waals surface area contributed by atoms with Crippen LogP contribution < -0.4 is 17.0 Å². The zero-order valence-electron chi connectivity index (χ0n) is 16.3. The number of aryl methyl sites for hydroxylation is 2. The number of hydrogen-bond donors (Lipinski definition) is 3. The van der Waals surface area contributed by atoms with Crippen molar-refractivity contribution in [2.75, 3.05) is 0 Å². The van der Waals surface area contributed by atoms with Gasteiger partial charge in [0.15, 0.2) is 0 Å². The molecule has 0 saturated carbocycles. The van der Waals surface area contributed by atoms with E-state index in [0.29, 0.717) is 5.70 Å². The van der Waals surface area contributed by atoms with Gasteiger partial charge in [0.05, 0.1) is 11.4 Å². The Bertz CT molecular complexity index is 964. The van der Waals surface area contributed by atoms with E-state index in [-0.39, 0.29) is 0 Å². The molecule has 0 unspecified atom stereocenters. The molecule has 4 heteroatoms. The van der Waals surface area contributed by atoms with E-state index in [2.05, 4.69) is 55.4 Å². The van der Waals surface area contributed by atoms with Gasteiger partial charge >= 0.3 is 0 Å². The Hall–Kier alpha value is -2.85. The standard InChI is InChI=1S/C23H28N4/c1-4-15-11-19(12-16(5-2)21(15)6-3)22(24)23(27-25)18-8-7-17-9-10-26-14-20(17)13-18/h7-14,27H,4-6,24-25H2,1-3H3/b23-22-. The van der Waals surface area contributed by atoms with Crippen LogP contribution in [-0.2, 0) is 19.3 Å². The van der Waals surface area contributed by atoms with Gasteiger partial charge in [-0.15, -0.1) is 0 Å². The lowest BCUT2D eigenvalue weighted by Crippen LogP contribution is -2.23. The minimum atomic E-state index is 0.660. The van der Waals surface area contributed by atoms with E-state index in [9.17, 15) is 0 Å². The minimum Gasteiger partial charge on any atom is -0.397 e. The molecule has 27 heavy (non-hydrogen) atoms. The van der Waals surface area contributed by atoms with Crippen LogP contribution in [-0.4, -0.2) is 4.98 Å². The fourth-order valence-corrected chi connectivity index (χ4v) is 3.74. The Morgan fingerprint density at radius 3 is 2.19 bits per heavy atom. The number of rotatable bonds is 6. The summed E-state index contributed by atoms with van der Waals surface area (Å²) in [5.74, 6) is 5.88. The average Bonchev–Trinajstić information content (AvgIpc) is 2.72. The fraction of sp³-hybridized carbons (Fsp3) is 0.261. The Kier molecular flexibility index (Phi) is 5.77. The Balaban J connectivity index is 2.16. The summed E-state index contributed by atoms with van der Waals surface area (Å²) < 4.78 is 0. The van der Waals surface area contributed by atoms with E-state index in [1.165, 1.54) is 16.7 Å². The monoisotopic (exact) mass is 360 g/mol. The van der Waals surface area contributed by atoms with Crippen molar-refractivity contribution >= 4 is 22.2 Å². The number of pyridine rings is 1. The predicted molar refractivity (Wildman–Crippen MR) is 115 cm³/mol. The SMILES string of the molecule is CCc1cc(/C(N)=C(/NN)c2ccc3ccncc3c2)cc(CC)c1CC. The molecular formula is C23H28N4. The number of nitrogens with two attached hydrogens (primary N) is 2. The first-order valence-electron chi connectivity index (χ1n) is 9.58. The van der Waals surface area contributed by atoms with Crippen molar-refractivity contribution in [2.24, 2.45) is 11.6 Å². The maximum absolute atomic E-state index is 6.59. The van der Waals surface area contributed by atoms with Crippen molar-refractivity contribution in [3.05, 3.63) is 76.6 Å². The minimum absolute atomic E-state index is 0.660. The maximum Gasteiger partial charge on any atom is 0.0795 e. The van der Waals surface area contributed by atoms with Crippen molar-refractivity contribution in [1.82, 2.24) is 10.4 Å². The Morgan fingerprint density at radius 1 is 0.889 bits per heavy atom. The van der Waals surface area contributed by atoms with Crippen molar-refractivity contribution in [3.63, 3.8) is 0 Å². The van der Waals surface area contributed by atoms with E-state index in [1.807, 2.05) is 18.3 Å². The van der Waals surface area contributed by atoms with Crippen LogP contribution in [0.5, 0.6) is 0 Å². The molecule has 0 spiro atoms. The first-order chi connectivity index (χ1) is 13.1. The lowest BCUT2D eigenvalue weighted by atomic mass is 9.91. The van der Waals surface area contributed by atoms with E-state index in [0.717, 1.165) is 46.9 Å². The molecule has 1 heterocycles. The molecule has 2 aromatic carbocycles. The van der Waals surface area contributed by atoms with Gasteiger partial charge in [-0.05, 0) is 65.6 Å². The van der Waals surface area contributed by atoms with Gasteiger partial charge < -0.3 is 11.2 Å². The first-order valence-corrected chi connectivity index (χ1v) is 9.58. The molecule has 0 aliphatic carbocycles. The summed E-state index contributed by atoms with van der Waals surface area (Å²) in [5.41, 5.74) is 16.9. The smallest absolute Gasteiger partial charge is 0.0795 e. The third-order valence-electron chi connectivity index (χ3n) is 5.20. The van der Waals surface area contributed by atoms with Crippen molar-refractivity contribution in [3.8, 4) is 0 Å². The van der Waals surface area contributed by atoms with Crippen LogP contribution in [0.15, 0.2) is 48.8 Å². The van der Waals surface area contributed by atoms with E-state index in [4.69, 9.17) is 11.6 Å². The summed E-state index contributed by atoms with van der Waals surface area (Å²) >= 11 is 0. The quantitative estimate of drug-likeness (QED) is 0.350. The van der Waals surface area contributed by atoms with Crippen LogP contribution in [0.25, 0.3) is 22.2 Å². The summed E-state index contributed by atoms with van der Waals surface area (Å²) in [5, 5.41) is 2.19. The third kappa shape index (κ3) is 3.67. The lowest BCUT2D eigenvalue weighted by Gasteiger charge is -2.17. The van der Waals surface area contributed by atoms with Gasteiger partial charge in [-0.2, -0.15) is 0 Å². The first kappa shape index (κ1) is 18.9. The average molecular weight is 361 g/mol. The second-order valence-corrected chi connectivity index (χ2v) is 6.70. The van der Waals surface area contributed by atoms with Crippen LogP contribution in [0.2, 0.25) is 0 Å². The van der Waals surface area contributed by atoms with Gasteiger partial charge in [-0.3, -0.25) is 10.8 Å². The Labute approximate surface area is 161 Å². The normalized spacial score (nSPS) is 12.1. The predicted octanol–water partition coefficient (Wildman–Crippen LogP) is 4.17. The van der Waals surface area contributed by atoms with E-state index >= 15 is 0 Å². The van der Waals surface area contributed by atoms with Crippen molar-refractivity contribution in [2.45, 2.75) is 40.0 Å². The molecular weight excluding hydrogens is 332 g/mol. The number of fused-ring (bicyclic) bond motifs is 1. The van der Waals surface area contributed by atoms with Crippen molar-refractivity contribution in [1.29, 1.82) is 0 Å². The molecule has 0 radical (unpaired) electrons. The highest BCUT2D eigenvalue weighted by molar-refractivity contribution is 5.92. The van der Waals surface area contributed by atoms with Crippen molar-refractivity contribution < 1.29 is 0 Å². The molecule has 3 rings (SSSR count). The number of hydrogen-bond acceptors (Lipinski definition) is 4. The van der Waals surface area contributed by atoms with Gasteiger partial charge in [-0.1, -0.05) is 32.9 Å². The van der Waals surface area contributed by atoms with Gasteiger partial charge in [-0.25, -0.2) is 0 Å². The second-order valence-electron chi connectivity index (χ2n) is 6.70. The molecule has 4 nitrogen and oxygen atoms in total. The summed E-state index contributed by atoms with van der Waals surface area (Å²) in [6.45, 7) is 6.59. The molecule has 1 aromatic heterocycles. The number of aromatic nitrogens is 1. The zero-order valence-corrected chi connectivity index (χ0v) is 16.3. The summed E-state index contributed by atoms with van der Waals surface area (Å²) in [6, 6.07) is 12.6. The largest absolute Gasteiger partial charge is 0.397 e. The van der Waals surface area contributed by atoms with Crippen LogP contribution in [0, 0.1) is 0 Å². The molecule has 5 N–H and O–H groups in total. The number of nitrogens with one attached hydrogen (secondary N) is 1. The van der Waals surface area contributed by atoms with Crippen LogP contribution in [0.3, 0.4) is 0 Å². The summed E-state index contributed by atoms with van der Waals surface area (Å²) in [6.07, 6.45) is 6.66.